The SMILES string of the molecule is CC1=Nc2cc(Nc3nc4c(-c5cnn(C)c5)nccn4n3)ccc2C1. The fraction of sp³-hybridized carbons (Fsp3) is 0.167. The molecule has 1 aliphatic rings. The summed E-state index contributed by atoms with van der Waals surface area (Å²) in [7, 11) is 1.87. The Labute approximate surface area is 149 Å². The molecule has 8 nitrogen and oxygen atoms in total. The molecule has 0 unspecified atom stereocenters. The molecule has 3 aromatic heterocycles. The maximum Gasteiger partial charge on any atom is 0.247 e. The van der Waals surface area contributed by atoms with Crippen molar-refractivity contribution < 1.29 is 0 Å². The van der Waals surface area contributed by atoms with Crippen LogP contribution in [0.3, 0.4) is 0 Å². The molecule has 5 rings (SSSR count). The summed E-state index contributed by atoms with van der Waals surface area (Å²) in [5, 5.41) is 12.0. The number of anilines is 2. The van der Waals surface area contributed by atoms with Gasteiger partial charge in [-0.2, -0.15) is 10.1 Å². The second-order valence-electron chi connectivity index (χ2n) is 6.37. The number of aliphatic imine (C=N–C) groups is 1. The van der Waals surface area contributed by atoms with Crippen LogP contribution >= 0.6 is 0 Å². The smallest absolute Gasteiger partial charge is 0.247 e. The van der Waals surface area contributed by atoms with Crippen LogP contribution in [0.1, 0.15) is 12.5 Å². The van der Waals surface area contributed by atoms with Crippen LogP contribution in [0.4, 0.5) is 17.3 Å². The third-order valence-corrected chi connectivity index (χ3v) is 4.33. The standard InChI is InChI=1S/C18H16N8/c1-11-7-12-3-4-14(8-15(12)21-11)22-18-23-17-16(13-9-20-25(2)10-13)19-5-6-26(17)24-18/h3-6,8-10H,7H2,1-2H3,(H,22,24). The van der Waals surface area contributed by atoms with Crippen molar-refractivity contribution in [2.45, 2.75) is 13.3 Å². The van der Waals surface area contributed by atoms with E-state index in [-0.39, 0.29) is 0 Å². The Bertz CT molecular complexity index is 1170. The normalized spacial score (nSPS) is 13.1. The Morgan fingerprint density at radius 2 is 2.15 bits per heavy atom. The highest BCUT2D eigenvalue weighted by Gasteiger charge is 2.14. The van der Waals surface area contributed by atoms with E-state index < -0.39 is 0 Å². The van der Waals surface area contributed by atoms with Gasteiger partial charge in [0.25, 0.3) is 0 Å². The number of nitrogens with one attached hydrogen (secondary N) is 1. The van der Waals surface area contributed by atoms with Gasteiger partial charge in [-0.1, -0.05) is 6.07 Å². The Balaban J connectivity index is 1.52. The second kappa shape index (κ2) is 5.48. The van der Waals surface area contributed by atoms with E-state index in [2.05, 4.69) is 36.5 Å². The van der Waals surface area contributed by atoms with Crippen molar-refractivity contribution in [1.29, 1.82) is 0 Å². The Hall–Kier alpha value is -3.55. The molecular weight excluding hydrogens is 328 g/mol. The Morgan fingerprint density at radius 1 is 1.23 bits per heavy atom. The number of nitrogens with zero attached hydrogens (tertiary/aromatic N) is 7. The topological polar surface area (TPSA) is 85.3 Å². The number of aromatic nitrogens is 6. The first kappa shape index (κ1) is 14.8. The number of aryl methyl sites for hydroxylation is 1. The molecule has 128 valence electrons. The van der Waals surface area contributed by atoms with Gasteiger partial charge in [-0.05, 0) is 24.6 Å². The zero-order chi connectivity index (χ0) is 17.7. The summed E-state index contributed by atoms with van der Waals surface area (Å²) in [6.45, 7) is 2.05. The molecule has 0 amide bonds. The third kappa shape index (κ3) is 2.43. The lowest BCUT2D eigenvalue weighted by Crippen LogP contribution is -1.94. The van der Waals surface area contributed by atoms with Crippen molar-refractivity contribution in [1.82, 2.24) is 29.4 Å². The van der Waals surface area contributed by atoms with Gasteiger partial charge in [0.1, 0.15) is 5.69 Å². The lowest BCUT2D eigenvalue weighted by atomic mass is 10.1. The fourth-order valence-corrected chi connectivity index (χ4v) is 3.16. The minimum absolute atomic E-state index is 0.516. The molecule has 0 aliphatic carbocycles. The van der Waals surface area contributed by atoms with Crippen LogP contribution in [0, 0.1) is 0 Å². The van der Waals surface area contributed by atoms with Crippen molar-refractivity contribution in [3.63, 3.8) is 0 Å². The van der Waals surface area contributed by atoms with Crippen LogP contribution in [0.5, 0.6) is 0 Å². The number of rotatable bonds is 3. The summed E-state index contributed by atoms with van der Waals surface area (Å²) in [5.74, 6) is 0.516. The van der Waals surface area contributed by atoms with E-state index >= 15 is 0 Å². The second-order valence-corrected chi connectivity index (χ2v) is 6.37. The zero-order valence-corrected chi connectivity index (χ0v) is 14.4. The molecule has 0 bridgehead atoms. The van der Waals surface area contributed by atoms with Gasteiger partial charge in [0, 0.05) is 49.0 Å². The molecule has 1 N–H and O–H groups in total. The average molecular weight is 344 g/mol. The molecule has 0 spiro atoms. The van der Waals surface area contributed by atoms with Gasteiger partial charge in [-0.25, -0.2) is 4.52 Å². The molecule has 8 heteroatoms. The van der Waals surface area contributed by atoms with Crippen LogP contribution < -0.4 is 5.32 Å². The van der Waals surface area contributed by atoms with Crippen molar-refractivity contribution in [3.05, 3.63) is 48.5 Å². The van der Waals surface area contributed by atoms with E-state index in [1.54, 1.807) is 27.8 Å². The van der Waals surface area contributed by atoms with Crippen molar-refractivity contribution in [3.8, 4) is 11.3 Å². The van der Waals surface area contributed by atoms with E-state index in [1.807, 2.05) is 32.3 Å². The number of fused-ring (bicyclic) bond motifs is 2. The van der Waals surface area contributed by atoms with E-state index in [0.29, 0.717) is 11.6 Å². The van der Waals surface area contributed by atoms with E-state index in [9.17, 15) is 0 Å². The van der Waals surface area contributed by atoms with Crippen molar-refractivity contribution in [2.75, 3.05) is 5.32 Å². The third-order valence-electron chi connectivity index (χ3n) is 4.33. The van der Waals surface area contributed by atoms with Gasteiger partial charge >= 0.3 is 0 Å². The summed E-state index contributed by atoms with van der Waals surface area (Å²) in [6, 6.07) is 6.15. The maximum absolute atomic E-state index is 4.61. The highest BCUT2D eigenvalue weighted by atomic mass is 15.4. The van der Waals surface area contributed by atoms with Gasteiger partial charge in [0.05, 0.1) is 11.9 Å². The number of hydrogen-bond acceptors (Lipinski definition) is 6. The van der Waals surface area contributed by atoms with Gasteiger partial charge in [-0.3, -0.25) is 14.7 Å². The lowest BCUT2D eigenvalue weighted by molar-refractivity contribution is 0.768. The van der Waals surface area contributed by atoms with Crippen LogP contribution in [0.2, 0.25) is 0 Å². The fourth-order valence-electron chi connectivity index (χ4n) is 3.16. The molecule has 4 aromatic rings. The Kier molecular flexibility index (Phi) is 3.11. The van der Waals surface area contributed by atoms with Crippen LogP contribution in [-0.2, 0) is 13.5 Å². The highest BCUT2D eigenvalue weighted by molar-refractivity contribution is 5.92. The predicted molar refractivity (Wildman–Crippen MR) is 99.2 cm³/mol. The molecule has 26 heavy (non-hydrogen) atoms. The number of benzene rings is 1. The summed E-state index contributed by atoms with van der Waals surface area (Å²) in [5.41, 5.74) is 6.63. The quantitative estimate of drug-likeness (QED) is 0.618. The summed E-state index contributed by atoms with van der Waals surface area (Å²) in [6.07, 6.45) is 8.09. The maximum atomic E-state index is 4.61. The van der Waals surface area contributed by atoms with Crippen LogP contribution in [0.25, 0.3) is 16.9 Å². The van der Waals surface area contributed by atoms with E-state index in [4.69, 9.17) is 0 Å². The largest absolute Gasteiger partial charge is 0.323 e. The van der Waals surface area contributed by atoms with Gasteiger partial charge in [0.15, 0.2) is 5.65 Å². The molecule has 0 atom stereocenters. The minimum Gasteiger partial charge on any atom is -0.323 e. The molecule has 0 saturated carbocycles. The first-order valence-electron chi connectivity index (χ1n) is 8.30. The summed E-state index contributed by atoms with van der Waals surface area (Å²) < 4.78 is 3.45. The lowest BCUT2D eigenvalue weighted by Gasteiger charge is -2.03. The van der Waals surface area contributed by atoms with Gasteiger partial charge < -0.3 is 5.32 Å². The van der Waals surface area contributed by atoms with Gasteiger partial charge in [0.2, 0.25) is 5.95 Å². The van der Waals surface area contributed by atoms with Crippen molar-refractivity contribution >= 4 is 28.7 Å². The first-order chi connectivity index (χ1) is 12.7. The molecule has 0 saturated heterocycles. The van der Waals surface area contributed by atoms with Crippen molar-refractivity contribution in [2.24, 2.45) is 12.0 Å². The molecule has 4 heterocycles. The minimum atomic E-state index is 0.516. The summed E-state index contributed by atoms with van der Waals surface area (Å²) >= 11 is 0. The zero-order valence-electron chi connectivity index (χ0n) is 14.4. The average Bonchev–Trinajstić information content (AvgIpc) is 3.31. The first-order valence-corrected chi connectivity index (χ1v) is 8.30. The van der Waals surface area contributed by atoms with Crippen LogP contribution in [-0.4, -0.2) is 35.1 Å². The number of hydrogen-bond donors (Lipinski definition) is 1. The van der Waals surface area contributed by atoms with E-state index in [1.165, 1.54) is 5.56 Å². The highest BCUT2D eigenvalue weighted by Crippen LogP contribution is 2.30. The molecule has 1 aliphatic heterocycles. The van der Waals surface area contributed by atoms with Crippen LogP contribution in [0.15, 0.2) is 48.0 Å². The monoisotopic (exact) mass is 344 g/mol. The van der Waals surface area contributed by atoms with E-state index in [0.717, 1.165) is 34.8 Å². The molecule has 0 fully saturated rings. The Morgan fingerprint density at radius 3 is 3.00 bits per heavy atom. The molecule has 0 radical (unpaired) electrons. The summed E-state index contributed by atoms with van der Waals surface area (Å²) in [4.78, 5) is 13.6. The molecular formula is C18H16N8. The molecule has 1 aromatic carbocycles. The predicted octanol–water partition coefficient (Wildman–Crippen LogP) is 2.92. The van der Waals surface area contributed by atoms with Gasteiger partial charge in [-0.15, -0.1) is 5.10 Å².